The quantitative estimate of drug-likeness (QED) is 0.919. The maximum absolute atomic E-state index is 8.85. The first-order chi connectivity index (χ1) is 9.24. The van der Waals surface area contributed by atoms with Crippen LogP contribution in [0.5, 0.6) is 0 Å². The van der Waals surface area contributed by atoms with Gasteiger partial charge in [-0.05, 0) is 57.0 Å². The summed E-state index contributed by atoms with van der Waals surface area (Å²) in [6.07, 6.45) is 3.70. The average molecular weight is 278 g/mol. The molecule has 0 aromatic heterocycles. The minimum absolute atomic E-state index is 0.623. The summed E-state index contributed by atoms with van der Waals surface area (Å²) >= 11 is 6.26. The Bertz CT molecular complexity index is 459. The van der Waals surface area contributed by atoms with Crippen LogP contribution in [0.4, 0.5) is 5.69 Å². The van der Waals surface area contributed by atoms with Crippen molar-refractivity contribution in [3.63, 3.8) is 0 Å². The molecule has 19 heavy (non-hydrogen) atoms. The zero-order chi connectivity index (χ0) is 13.7. The lowest BCUT2D eigenvalue weighted by Crippen LogP contribution is -2.34. The second kappa shape index (κ2) is 6.79. The van der Waals surface area contributed by atoms with Gasteiger partial charge in [-0.1, -0.05) is 11.6 Å². The number of rotatable bonds is 4. The highest BCUT2D eigenvalue weighted by atomic mass is 35.5. The highest BCUT2D eigenvalue weighted by Gasteiger charge is 2.20. The third-order valence-corrected chi connectivity index (χ3v) is 4.14. The standard InChI is InChI=1S/C15H20ClN3/c1-18-7-4-12-5-8-19(9-6-12)15-3-2-13(11-17)10-14(15)16/h2-3,10,12,18H,4-9H2,1H3. The Hall–Kier alpha value is -1.24. The molecule has 1 heterocycles. The van der Waals surface area contributed by atoms with Gasteiger partial charge in [-0.25, -0.2) is 0 Å². The number of halogens is 1. The van der Waals surface area contributed by atoms with Crippen molar-refractivity contribution in [2.75, 3.05) is 31.6 Å². The first kappa shape index (κ1) is 14.2. The molecule has 4 heteroatoms. The minimum Gasteiger partial charge on any atom is -0.370 e. The lowest BCUT2D eigenvalue weighted by atomic mass is 9.93. The van der Waals surface area contributed by atoms with E-state index in [0.717, 1.165) is 31.2 Å². The summed E-state index contributed by atoms with van der Waals surface area (Å²) in [5, 5.41) is 12.8. The first-order valence-electron chi connectivity index (χ1n) is 6.83. The van der Waals surface area contributed by atoms with Crippen molar-refractivity contribution in [2.45, 2.75) is 19.3 Å². The van der Waals surface area contributed by atoms with E-state index >= 15 is 0 Å². The highest BCUT2D eigenvalue weighted by Crippen LogP contribution is 2.31. The molecular formula is C15H20ClN3. The van der Waals surface area contributed by atoms with Crippen LogP contribution in [0.1, 0.15) is 24.8 Å². The number of nitrogens with one attached hydrogen (secondary N) is 1. The third-order valence-electron chi connectivity index (χ3n) is 3.83. The van der Waals surface area contributed by atoms with Crippen LogP contribution >= 0.6 is 11.6 Å². The summed E-state index contributed by atoms with van der Waals surface area (Å²) < 4.78 is 0. The van der Waals surface area contributed by atoms with E-state index in [9.17, 15) is 0 Å². The van der Waals surface area contributed by atoms with E-state index in [1.54, 1.807) is 6.07 Å². The number of nitrogens with zero attached hydrogens (tertiary/aromatic N) is 2. The molecule has 102 valence electrons. The van der Waals surface area contributed by atoms with Gasteiger partial charge in [0.15, 0.2) is 0 Å². The second-order valence-corrected chi connectivity index (χ2v) is 5.51. The molecule has 1 saturated heterocycles. The molecule has 0 spiro atoms. The number of anilines is 1. The lowest BCUT2D eigenvalue weighted by molar-refractivity contribution is 0.378. The van der Waals surface area contributed by atoms with E-state index in [0.29, 0.717) is 10.6 Å². The van der Waals surface area contributed by atoms with E-state index in [2.05, 4.69) is 16.3 Å². The first-order valence-corrected chi connectivity index (χ1v) is 7.21. The van der Waals surface area contributed by atoms with Crippen molar-refractivity contribution in [1.29, 1.82) is 5.26 Å². The van der Waals surface area contributed by atoms with Crippen molar-refractivity contribution < 1.29 is 0 Å². The Kier molecular flexibility index (Phi) is 5.07. The van der Waals surface area contributed by atoms with Crippen molar-refractivity contribution in [2.24, 2.45) is 5.92 Å². The predicted octanol–water partition coefficient (Wildman–Crippen LogP) is 3.04. The van der Waals surface area contributed by atoms with E-state index < -0.39 is 0 Å². The Morgan fingerprint density at radius 2 is 2.16 bits per heavy atom. The van der Waals surface area contributed by atoms with Crippen molar-refractivity contribution >= 4 is 17.3 Å². The molecule has 0 unspecified atom stereocenters. The Balaban J connectivity index is 1.96. The monoisotopic (exact) mass is 277 g/mol. The Morgan fingerprint density at radius 1 is 1.42 bits per heavy atom. The summed E-state index contributed by atoms with van der Waals surface area (Å²) in [6, 6.07) is 7.68. The number of hydrogen-bond donors (Lipinski definition) is 1. The smallest absolute Gasteiger partial charge is 0.0992 e. The fourth-order valence-electron chi connectivity index (χ4n) is 2.64. The number of benzene rings is 1. The van der Waals surface area contributed by atoms with Gasteiger partial charge in [-0.3, -0.25) is 0 Å². The SMILES string of the molecule is CNCCC1CCN(c2ccc(C#N)cc2Cl)CC1. The van der Waals surface area contributed by atoms with Crippen LogP contribution in [0.15, 0.2) is 18.2 Å². The molecule has 2 rings (SSSR count). The van der Waals surface area contributed by atoms with Crippen LogP contribution < -0.4 is 10.2 Å². The van der Waals surface area contributed by atoms with E-state index in [1.807, 2.05) is 19.2 Å². The van der Waals surface area contributed by atoms with Gasteiger partial charge in [0, 0.05) is 13.1 Å². The number of nitriles is 1. The van der Waals surface area contributed by atoms with Crippen LogP contribution in [0.3, 0.4) is 0 Å². The highest BCUT2D eigenvalue weighted by molar-refractivity contribution is 6.33. The van der Waals surface area contributed by atoms with Crippen LogP contribution in [0, 0.1) is 17.2 Å². The molecule has 1 aliphatic rings. The fraction of sp³-hybridized carbons (Fsp3) is 0.533. The van der Waals surface area contributed by atoms with Gasteiger partial charge >= 0.3 is 0 Å². The zero-order valence-corrected chi connectivity index (χ0v) is 12.1. The van der Waals surface area contributed by atoms with Crippen LogP contribution in [-0.2, 0) is 0 Å². The molecule has 1 aromatic rings. The molecule has 1 aromatic carbocycles. The topological polar surface area (TPSA) is 39.1 Å². The largest absolute Gasteiger partial charge is 0.370 e. The molecule has 3 nitrogen and oxygen atoms in total. The van der Waals surface area contributed by atoms with Gasteiger partial charge < -0.3 is 10.2 Å². The number of piperidine rings is 1. The van der Waals surface area contributed by atoms with Crippen molar-refractivity contribution in [3.8, 4) is 6.07 Å². The summed E-state index contributed by atoms with van der Waals surface area (Å²) in [5.74, 6) is 0.820. The Morgan fingerprint density at radius 3 is 2.74 bits per heavy atom. The van der Waals surface area contributed by atoms with Crippen LogP contribution in [0.2, 0.25) is 5.02 Å². The molecular weight excluding hydrogens is 258 g/mol. The van der Waals surface area contributed by atoms with Crippen molar-refractivity contribution in [3.05, 3.63) is 28.8 Å². The predicted molar refractivity (Wildman–Crippen MR) is 79.6 cm³/mol. The molecule has 1 fully saturated rings. The average Bonchev–Trinajstić information content (AvgIpc) is 2.45. The van der Waals surface area contributed by atoms with Crippen LogP contribution in [-0.4, -0.2) is 26.7 Å². The second-order valence-electron chi connectivity index (χ2n) is 5.10. The maximum atomic E-state index is 8.85. The normalized spacial score (nSPS) is 16.4. The molecule has 0 saturated carbocycles. The summed E-state index contributed by atoms with van der Waals surface area (Å²) in [6.45, 7) is 3.21. The molecule has 0 bridgehead atoms. The fourth-order valence-corrected chi connectivity index (χ4v) is 2.94. The Labute approximate surface area is 120 Å². The molecule has 1 N–H and O–H groups in total. The molecule has 0 amide bonds. The lowest BCUT2D eigenvalue weighted by Gasteiger charge is -2.34. The molecule has 0 radical (unpaired) electrons. The van der Waals surface area contributed by atoms with Gasteiger partial charge in [0.2, 0.25) is 0 Å². The molecule has 0 atom stereocenters. The number of hydrogen-bond acceptors (Lipinski definition) is 3. The minimum atomic E-state index is 0.623. The van der Waals surface area contributed by atoms with Crippen LogP contribution in [0.25, 0.3) is 0 Å². The van der Waals surface area contributed by atoms with Gasteiger partial charge in [0.1, 0.15) is 0 Å². The van der Waals surface area contributed by atoms with E-state index in [1.165, 1.54) is 19.3 Å². The molecule has 0 aliphatic carbocycles. The summed E-state index contributed by atoms with van der Waals surface area (Å²) in [7, 11) is 2.01. The maximum Gasteiger partial charge on any atom is 0.0992 e. The van der Waals surface area contributed by atoms with Gasteiger partial charge in [-0.15, -0.1) is 0 Å². The summed E-state index contributed by atoms with van der Waals surface area (Å²) in [5.41, 5.74) is 1.69. The van der Waals surface area contributed by atoms with Gasteiger partial charge in [0.25, 0.3) is 0 Å². The van der Waals surface area contributed by atoms with E-state index in [-0.39, 0.29) is 0 Å². The summed E-state index contributed by atoms with van der Waals surface area (Å²) in [4.78, 5) is 2.33. The van der Waals surface area contributed by atoms with Gasteiger partial charge in [-0.2, -0.15) is 5.26 Å². The molecule has 1 aliphatic heterocycles. The van der Waals surface area contributed by atoms with E-state index in [4.69, 9.17) is 16.9 Å². The third kappa shape index (κ3) is 3.62. The van der Waals surface area contributed by atoms with Gasteiger partial charge in [0.05, 0.1) is 22.3 Å². The van der Waals surface area contributed by atoms with Crippen molar-refractivity contribution in [1.82, 2.24) is 5.32 Å². The zero-order valence-electron chi connectivity index (χ0n) is 11.3.